The zero-order chi connectivity index (χ0) is 21.5. The first-order valence-corrected chi connectivity index (χ1v) is 9.57. The zero-order valence-electron chi connectivity index (χ0n) is 16.1. The number of halogens is 2. The summed E-state index contributed by atoms with van der Waals surface area (Å²) < 4.78 is 6.82. The third-order valence-corrected chi connectivity index (χ3v) is 5.06. The van der Waals surface area contributed by atoms with Crippen molar-refractivity contribution in [2.45, 2.75) is 39.0 Å². The van der Waals surface area contributed by atoms with Crippen molar-refractivity contribution in [3.63, 3.8) is 0 Å². The van der Waals surface area contributed by atoms with Gasteiger partial charge in [-0.1, -0.05) is 29.3 Å². The SMILES string of the molecule is CC(C)(C)OC(=O)N1Cc2c(C(N)=O)c(-c3ccc(Cl)c(Cl)c3)nn2C(C=O)C1. The number of carbonyl (C=O) groups is 3. The van der Waals surface area contributed by atoms with Crippen molar-refractivity contribution in [3.8, 4) is 11.3 Å². The highest BCUT2D eigenvalue weighted by Gasteiger charge is 2.36. The standard InChI is InChI=1S/C19H20Cl2N4O4/c1-19(2,3)29-18(28)24-7-11(9-26)25-14(8-24)15(17(22)27)16(23-25)10-4-5-12(20)13(21)6-10/h4-6,9,11H,7-8H2,1-3H3,(H2,22,27). The number of primary amides is 1. The summed E-state index contributed by atoms with van der Waals surface area (Å²) in [4.78, 5) is 37.9. The van der Waals surface area contributed by atoms with E-state index in [2.05, 4.69) is 5.10 Å². The first kappa shape index (κ1) is 21.1. The van der Waals surface area contributed by atoms with E-state index in [0.717, 1.165) is 0 Å². The molecule has 0 radical (unpaired) electrons. The van der Waals surface area contributed by atoms with E-state index in [-0.39, 0.29) is 29.4 Å². The highest BCUT2D eigenvalue weighted by atomic mass is 35.5. The summed E-state index contributed by atoms with van der Waals surface area (Å²) in [5.74, 6) is -0.733. The van der Waals surface area contributed by atoms with Gasteiger partial charge in [-0.3, -0.25) is 14.4 Å². The Morgan fingerprint density at radius 1 is 1.28 bits per heavy atom. The fourth-order valence-electron chi connectivity index (χ4n) is 3.11. The van der Waals surface area contributed by atoms with Crippen molar-refractivity contribution in [2.75, 3.05) is 6.54 Å². The van der Waals surface area contributed by atoms with Crippen LogP contribution in [0.1, 0.15) is 42.9 Å². The normalized spacial score (nSPS) is 16.3. The molecule has 8 nitrogen and oxygen atoms in total. The third kappa shape index (κ3) is 4.23. The van der Waals surface area contributed by atoms with Crippen molar-refractivity contribution in [1.82, 2.24) is 14.7 Å². The molecule has 1 atom stereocenters. The minimum absolute atomic E-state index is 0.0197. The second kappa shape index (κ2) is 7.68. The molecular formula is C19H20Cl2N4O4. The van der Waals surface area contributed by atoms with Crippen LogP contribution in [0.2, 0.25) is 10.0 Å². The second-order valence-corrected chi connectivity index (χ2v) is 8.49. The molecule has 2 N–H and O–H groups in total. The van der Waals surface area contributed by atoms with Crippen LogP contribution >= 0.6 is 23.2 Å². The summed E-state index contributed by atoms with van der Waals surface area (Å²) in [5, 5.41) is 5.07. The van der Waals surface area contributed by atoms with E-state index in [4.69, 9.17) is 33.7 Å². The van der Waals surface area contributed by atoms with Gasteiger partial charge >= 0.3 is 6.09 Å². The molecule has 1 aliphatic heterocycles. The highest BCUT2D eigenvalue weighted by Crippen LogP contribution is 2.34. The molecule has 2 amide bonds. The molecule has 1 aliphatic rings. The fraction of sp³-hybridized carbons (Fsp3) is 0.368. The lowest BCUT2D eigenvalue weighted by atomic mass is 10.0. The number of ether oxygens (including phenoxy) is 1. The molecule has 154 valence electrons. The van der Waals surface area contributed by atoms with Gasteiger partial charge in [-0.15, -0.1) is 0 Å². The van der Waals surface area contributed by atoms with Crippen molar-refractivity contribution in [3.05, 3.63) is 39.5 Å². The van der Waals surface area contributed by atoms with Gasteiger partial charge in [0.15, 0.2) is 0 Å². The molecule has 10 heteroatoms. The van der Waals surface area contributed by atoms with Crippen molar-refractivity contribution in [1.29, 1.82) is 0 Å². The maximum Gasteiger partial charge on any atom is 0.410 e. The Hall–Kier alpha value is -2.58. The van der Waals surface area contributed by atoms with Gasteiger partial charge in [0, 0.05) is 5.56 Å². The van der Waals surface area contributed by atoms with Crippen LogP contribution in [0.25, 0.3) is 11.3 Å². The van der Waals surface area contributed by atoms with Gasteiger partial charge in [0.1, 0.15) is 23.6 Å². The molecule has 0 fully saturated rings. The van der Waals surface area contributed by atoms with Gasteiger partial charge in [-0.2, -0.15) is 5.10 Å². The van der Waals surface area contributed by atoms with Crippen molar-refractivity contribution < 1.29 is 19.1 Å². The molecule has 0 saturated heterocycles. The topological polar surface area (TPSA) is 108 Å². The van der Waals surface area contributed by atoms with Crippen LogP contribution in [-0.2, 0) is 16.1 Å². The molecule has 2 aromatic rings. The van der Waals surface area contributed by atoms with Gasteiger partial charge in [0.25, 0.3) is 5.91 Å². The quantitative estimate of drug-likeness (QED) is 0.738. The fourth-order valence-corrected chi connectivity index (χ4v) is 3.41. The van der Waals surface area contributed by atoms with Crippen LogP contribution in [0.5, 0.6) is 0 Å². The van der Waals surface area contributed by atoms with Crippen LogP contribution < -0.4 is 5.73 Å². The van der Waals surface area contributed by atoms with E-state index in [1.165, 1.54) is 9.58 Å². The van der Waals surface area contributed by atoms with E-state index in [0.29, 0.717) is 22.6 Å². The molecule has 1 unspecified atom stereocenters. The number of nitrogens with two attached hydrogens (primary N) is 1. The van der Waals surface area contributed by atoms with Crippen molar-refractivity contribution in [2.24, 2.45) is 5.73 Å². The van der Waals surface area contributed by atoms with E-state index in [1.54, 1.807) is 39.0 Å². The lowest BCUT2D eigenvalue weighted by Gasteiger charge is -2.33. The number of hydrogen-bond donors (Lipinski definition) is 1. The summed E-state index contributed by atoms with van der Waals surface area (Å²) >= 11 is 12.1. The van der Waals surface area contributed by atoms with Crippen LogP contribution in [0.4, 0.5) is 4.79 Å². The van der Waals surface area contributed by atoms with Crippen LogP contribution in [0.3, 0.4) is 0 Å². The van der Waals surface area contributed by atoms with E-state index >= 15 is 0 Å². The summed E-state index contributed by atoms with van der Waals surface area (Å²) in [7, 11) is 0. The van der Waals surface area contributed by atoms with Crippen LogP contribution in [0, 0.1) is 0 Å². The Bertz CT molecular complexity index is 997. The number of benzene rings is 1. The lowest BCUT2D eigenvalue weighted by Crippen LogP contribution is -2.44. The van der Waals surface area contributed by atoms with E-state index < -0.39 is 23.6 Å². The number of amides is 2. The molecule has 0 saturated carbocycles. The number of hydrogen-bond acceptors (Lipinski definition) is 5. The molecule has 2 heterocycles. The Balaban J connectivity index is 2.10. The molecule has 29 heavy (non-hydrogen) atoms. The number of carbonyl (C=O) groups excluding carboxylic acids is 3. The Labute approximate surface area is 177 Å². The maximum absolute atomic E-state index is 12.5. The summed E-state index contributed by atoms with van der Waals surface area (Å²) in [6, 6.07) is 4.00. The molecular weight excluding hydrogens is 419 g/mol. The first-order chi connectivity index (χ1) is 13.5. The number of rotatable bonds is 3. The summed E-state index contributed by atoms with van der Waals surface area (Å²) in [5.41, 5.74) is 6.17. The number of nitrogens with zero attached hydrogens (tertiary/aromatic N) is 3. The highest BCUT2D eigenvalue weighted by molar-refractivity contribution is 6.42. The van der Waals surface area contributed by atoms with Gasteiger partial charge in [0.2, 0.25) is 0 Å². The first-order valence-electron chi connectivity index (χ1n) is 8.81. The number of aromatic nitrogens is 2. The Kier molecular flexibility index (Phi) is 5.60. The van der Waals surface area contributed by atoms with E-state index in [9.17, 15) is 14.4 Å². The third-order valence-electron chi connectivity index (χ3n) is 4.32. The van der Waals surface area contributed by atoms with Crippen LogP contribution in [-0.4, -0.2) is 45.1 Å². The van der Waals surface area contributed by atoms with E-state index in [1.807, 2.05) is 0 Å². The minimum atomic E-state index is -0.791. The van der Waals surface area contributed by atoms with Crippen molar-refractivity contribution >= 4 is 41.5 Å². The second-order valence-electron chi connectivity index (χ2n) is 7.67. The van der Waals surface area contributed by atoms with Gasteiger partial charge in [0.05, 0.1) is 34.4 Å². The summed E-state index contributed by atoms with van der Waals surface area (Å²) in [6.45, 7) is 5.31. The molecule has 0 bridgehead atoms. The van der Waals surface area contributed by atoms with Gasteiger partial charge in [-0.25, -0.2) is 4.79 Å². The Morgan fingerprint density at radius 2 is 1.97 bits per heavy atom. The molecule has 1 aromatic carbocycles. The monoisotopic (exact) mass is 438 g/mol. The molecule has 0 spiro atoms. The Morgan fingerprint density at radius 3 is 2.52 bits per heavy atom. The average molecular weight is 439 g/mol. The average Bonchev–Trinajstić information content (AvgIpc) is 3.01. The lowest BCUT2D eigenvalue weighted by molar-refractivity contribution is -0.111. The number of aldehydes is 1. The smallest absolute Gasteiger partial charge is 0.410 e. The zero-order valence-corrected chi connectivity index (χ0v) is 17.6. The van der Waals surface area contributed by atoms with Gasteiger partial charge in [-0.05, 0) is 32.9 Å². The molecule has 0 aliphatic carbocycles. The van der Waals surface area contributed by atoms with Gasteiger partial charge < -0.3 is 15.3 Å². The molecule has 3 rings (SSSR count). The number of fused-ring (bicyclic) bond motifs is 1. The minimum Gasteiger partial charge on any atom is -0.444 e. The predicted molar refractivity (Wildman–Crippen MR) is 108 cm³/mol. The van der Waals surface area contributed by atoms with Crippen LogP contribution in [0.15, 0.2) is 18.2 Å². The largest absolute Gasteiger partial charge is 0.444 e. The summed E-state index contributed by atoms with van der Waals surface area (Å²) in [6.07, 6.45) is 0.0690. The molecule has 1 aromatic heterocycles. The predicted octanol–water partition coefficient (Wildman–Crippen LogP) is 3.45. The maximum atomic E-state index is 12.5.